The van der Waals surface area contributed by atoms with E-state index in [9.17, 15) is 35.9 Å². The Morgan fingerprint density at radius 2 is 1.76 bits per heavy atom. The molecule has 0 bridgehead atoms. The Kier molecular flexibility index (Phi) is 6.83. The second-order valence-corrected chi connectivity index (χ2v) is 9.42. The lowest BCUT2D eigenvalue weighted by Crippen LogP contribution is -2.42. The first-order valence-electron chi connectivity index (χ1n) is 12.0. The van der Waals surface area contributed by atoms with E-state index < -0.39 is 82.2 Å². The van der Waals surface area contributed by atoms with E-state index in [0.717, 1.165) is 40.0 Å². The molecule has 5 rings (SSSR count). The molecule has 3 N–H and O–H groups in total. The van der Waals surface area contributed by atoms with Crippen molar-refractivity contribution in [3.63, 3.8) is 0 Å². The fourth-order valence-corrected chi connectivity index (χ4v) is 4.73. The van der Waals surface area contributed by atoms with Gasteiger partial charge >= 0.3 is 6.18 Å². The van der Waals surface area contributed by atoms with E-state index in [2.05, 4.69) is 15.4 Å². The Morgan fingerprint density at radius 1 is 1.02 bits per heavy atom. The minimum Gasteiger partial charge on any atom is -0.382 e. The number of hydrogen-bond acceptors (Lipinski definition) is 5. The summed E-state index contributed by atoms with van der Waals surface area (Å²) in [6.45, 7) is 0.518. The predicted molar refractivity (Wildman–Crippen MR) is 131 cm³/mol. The molecule has 0 saturated carbocycles. The molecule has 2 atom stereocenters. The first-order chi connectivity index (χ1) is 19.3. The quantitative estimate of drug-likeness (QED) is 0.350. The van der Waals surface area contributed by atoms with Crippen molar-refractivity contribution in [1.29, 1.82) is 0 Å². The van der Waals surface area contributed by atoms with E-state index in [-0.39, 0.29) is 23.4 Å². The summed E-state index contributed by atoms with van der Waals surface area (Å²) in [5.41, 5.74) is 2.46. The third kappa shape index (κ3) is 5.02. The molecule has 0 aliphatic carbocycles. The fraction of sp³-hybridized carbons (Fsp3) is 0.231. The number of nitrogens with zero attached hydrogens (tertiary/aromatic N) is 4. The molecule has 3 heterocycles. The highest BCUT2D eigenvalue weighted by Gasteiger charge is 2.39. The highest BCUT2D eigenvalue weighted by Crippen LogP contribution is 2.39. The molecule has 0 radical (unpaired) electrons. The number of benzene rings is 2. The second-order valence-electron chi connectivity index (χ2n) is 9.42. The van der Waals surface area contributed by atoms with Crippen molar-refractivity contribution >= 4 is 23.1 Å². The van der Waals surface area contributed by atoms with Gasteiger partial charge in [0, 0.05) is 23.7 Å². The number of likely N-dealkylation sites (tertiary alicyclic amines) is 1. The Hall–Kier alpha value is -4.69. The van der Waals surface area contributed by atoms with Crippen LogP contribution in [-0.4, -0.2) is 56.6 Å². The van der Waals surface area contributed by atoms with Crippen LogP contribution in [0.25, 0.3) is 16.8 Å². The number of alkyl halides is 4. The number of nitrogens with one attached hydrogen (secondary N) is 1. The van der Waals surface area contributed by atoms with Crippen molar-refractivity contribution in [2.45, 2.75) is 25.3 Å². The maximum atomic E-state index is 15.1. The lowest BCUT2D eigenvalue weighted by Gasteiger charge is -2.18. The number of nitrogen functional groups attached to an aromatic ring is 1. The van der Waals surface area contributed by atoms with Crippen LogP contribution in [0.1, 0.15) is 31.8 Å². The van der Waals surface area contributed by atoms with Gasteiger partial charge in [-0.05, 0) is 42.8 Å². The van der Waals surface area contributed by atoms with Crippen LogP contribution in [0.2, 0.25) is 0 Å². The summed E-state index contributed by atoms with van der Waals surface area (Å²) in [6.07, 6.45) is -5.77. The zero-order valence-electron chi connectivity index (χ0n) is 20.9. The number of hydrogen-bond donors (Lipinski definition) is 2. The number of nitrogens with two attached hydrogens (primary N) is 1. The number of carbonyl (C=O) groups is 2. The van der Waals surface area contributed by atoms with E-state index in [1.165, 1.54) is 6.92 Å². The van der Waals surface area contributed by atoms with E-state index in [4.69, 9.17) is 5.73 Å². The van der Waals surface area contributed by atoms with Gasteiger partial charge in [-0.2, -0.15) is 18.3 Å². The van der Waals surface area contributed by atoms with Crippen LogP contribution in [0.3, 0.4) is 0 Å². The molecule has 2 amide bonds. The molecule has 41 heavy (non-hydrogen) atoms. The second kappa shape index (κ2) is 10.1. The molecule has 2 aromatic heterocycles. The molecule has 1 aliphatic rings. The minimum absolute atomic E-state index is 0.0875. The number of halogens is 7. The first-order valence-corrected chi connectivity index (χ1v) is 12.0. The predicted octanol–water partition coefficient (Wildman–Crippen LogP) is 4.32. The molecule has 0 spiro atoms. The number of carbonyl (C=O) groups excluding carboxylic acids is 2. The third-order valence-electron chi connectivity index (χ3n) is 6.74. The summed E-state index contributed by atoms with van der Waals surface area (Å²) in [4.78, 5) is 30.3. The maximum absolute atomic E-state index is 15.1. The molecular weight excluding hydrogens is 561 g/mol. The van der Waals surface area contributed by atoms with Crippen molar-refractivity contribution in [2.24, 2.45) is 0 Å². The van der Waals surface area contributed by atoms with Crippen LogP contribution in [0.15, 0.2) is 42.7 Å². The Bertz CT molecular complexity index is 1700. The Balaban J connectivity index is 1.44. The normalized spacial score (nSPS) is 17.3. The Labute approximate surface area is 226 Å². The van der Waals surface area contributed by atoms with Gasteiger partial charge in [0.1, 0.15) is 35.5 Å². The number of rotatable bonds is 4. The molecule has 2 aromatic carbocycles. The summed E-state index contributed by atoms with van der Waals surface area (Å²) < 4.78 is 99.1. The number of fused-ring (bicyclic) bond motifs is 1. The minimum atomic E-state index is -4.89. The maximum Gasteiger partial charge on any atom is 0.418 e. The van der Waals surface area contributed by atoms with Gasteiger partial charge in [0.05, 0.1) is 29.4 Å². The standard InChI is InChI=1S/C26H19F7N6O2/c1-11-4-17(28)15(21-7-16(26(31,32)33)22-23(34)35-10-36-39(21)22)6-14(11)24(40)37-20-9-38(8-19(20)30)25(41)13-3-2-12(27)5-18(13)29/h2-7,10,19-20H,8-9H2,1H3,(H,37,40)(H2,34,35,36)/t19-,20+/m0/s1. The average molecular weight is 580 g/mol. The molecule has 8 nitrogen and oxygen atoms in total. The molecule has 214 valence electrons. The molecule has 1 saturated heterocycles. The van der Waals surface area contributed by atoms with Crippen LogP contribution in [0.5, 0.6) is 0 Å². The molecule has 0 unspecified atom stereocenters. The first kappa shape index (κ1) is 27.9. The fourth-order valence-electron chi connectivity index (χ4n) is 4.73. The van der Waals surface area contributed by atoms with Crippen molar-refractivity contribution in [1.82, 2.24) is 24.8 Å². The van der Waals surface area contributed by atoms with Crippen LogP contribution in [0.4, 0.5) is 36.6 Å². The van der Waals surface area contributed by atoms with E-state index in [1.807, 2.05) is 0 Å². The highest BCUT2D eigenvalue weighted by atomic mass is 19.4. The number of aryl methyl sites for hydroxylation is 1. The lowest BCUT2D eigenvalue weighted by molar-refractivity contribution is -0.136. The van der Waals surface area contributed by atoms with Gasteiger partial charge < -0.3 is 16.0 Å². The molecule has 15 heteroatoms. The summed E-state index contributed by atoms with van der Waals surface area (Å²) in [5.74, 6) is -5.31. The number of amides is 2. The average Bonchev–Trinajstić information content (AvgIpc) is 3.45. The van der Waals surface area contributed by atoms with Gasteiger partial charge in [0.15, 0.2) is 5.82 Å². The molecule has 1 aliphatic heterocycles. The highest BCUT2D eigenvalue weighted by molar-refractivity contribution is 5.98. The zero-order valence-corrected chi connectivity index (χ0v) is 20.9. The van der Waals surface area contributed by atoms with Crippen LogP contribution >= 0.6 is 0 Å². The van der Waals surface area contributed by atoms with Crippen LogP contribution in [0, 0.1) is 24.4 Å². The topological polar surface area (TPSA) is 106 Å². The Morgan fingerprint density at radius 3 is 2.44 bits per heavy atom. The number of anilines is 1. The van der Waals surface area contributed by atoms with Gasteiger partial charge in [0.25, 0.3) is 11.8 Å². The smallest absolute Gasteiger partial charge is 0.382 e. The van der Waals surface area contributed by atoms with E-state index in [1.54, 1.807) is 0 Å². The van der Waals surface area contributed by atoms with Crippen LogP contribution < -0.4 is 11.1 Å². The summed E-state index contributed by atoms with van der Waals surface area (Å²) >= 11 is 0. The van der Waals surface area contributed by atoms with Gasteiger partial charge in [-0.25, -0.2) is 27.1 Å². The largest absolute Gasteiger partial charge is 0.418 e. The number of aromatic nitrogens is 3. The van der Waals surface area contributed by atoms with E-state index in [0.29, 0.717) is 12.1 Å². The lowest BCUT2D eigenvalue weighted by atomic mass is 10.0. The van der Waals surface area contributed by atoms with Gasteiger partial charge in [-0.15, -0.1) is 0 Å². The summed E-state index contributed by atoms with van der Waals surface area (Å²) in [6, 6.07) is 3.61. The van der Waals surface area contributed by atoms with Crippen molar-refractivity contribution in [3.8, 4) is 11.3 Å². The van der Waals surface area contributed by atoms with Gasteiger partial charge in [0.2, 0.25) is 0 Å². The van der Waals surface area contributed by atoms with Gasteiger partial charge in [-0.3, -0.25) is 9.59 Å². The third-order valence-corrected chi connectivity index (χ3v) is 6.74. The monoisotopic (exact) mass is 580 g/mol. The molecule has 1 fully saturated rings. The van der Waals surface area contributed by atoms with Crippen LogP contribution in [-0.2, 0) is 6.18 Å². The zero-order chi connectivity index (χ0) is 29.8. The summed E-state index contributed by atoms with van der Waals surface area (Å²) in [7, 11) is 0. The molecule has 4 aromatic rings. The SMILES string of the molecule is Cc1cc(F)c(-c2cc(C(F)(F)F)c3c(N)ncnn23)cc1C(=O)N[C@@H]1CN(C(=O)c2ccc(F)cc2F)C[C@@H]1F. The van der Waals surface area contributed by atoms with Crippen molar-refractivity contribution in [2.75, 3.05) is 18.8 Å². The van der Waals surface area contributed by atoms with Crippen molar-refractivity contribution < 1.29 is 40.3 Å². The summed E-state index contributed by atoms with van der Waals surface area (Å²) in [5, 5.41) is 6.17. The van der Waals surface area contributed by atoms with Crippen molar-refractivity contribution in [3.05, 3.63) is 82.4 Å². The molecular formula is C26H19F7N6O2. The van der Waals surface area contributed by atoms with Gasteiger partial charge in [-0.1, -0.05) is 0 Å². The van der Waals surface area contributed by atoms with E-state index >= 15 is 4.39 Å².